The van der Waals surface area contributed by atoms with Crippen LogP contribution in [0.25, 0.3) is 0 Å². The first-order valence-corrected chi connectivity index (χ1v) is 7.41. The lowest BCUT2D eigenvalue weighted by atomic mass is 10.2. The van der Waals surface area contributed by atoms with Crippen molar-refractivity contribution in [2.24, 2.45) is 0 Å². The second-order valence-electron chi connectivity index (χ2n) is 4.65. The van der Waals surface area contributed by atoms with Gasteiger partial charge in [0.25, 0.3) is 5.91 Å². The average Bonchev–Trinajstić information content (AvgIpc) is 2.24. The van der Waals surface area contributed by atoms with E-state index >= 15 is 0 Å². The molecule has 10 heteroatoms. The maximum absolute atomic E-state index is 11.4. The summed E-state index contributed by atoms with van der Waals surface area (Å²) >= 11 is 0. The molecule has 0 atom stereocenters. The lowest BCUT2D eigenvalue weighted by Crippen LogP contribution is -2.48. The third-order valence-corrected chi connectivity index (χ3v) is 4.54. The molecule has 0 aromatic rings. The van der Waals surface area contributed by atoms with E-state index < -0.39 is 45.7 Å². The predicted molar refractivity (Wildman–Crippen MR) is 68.9 cm³/mol. The smallest absolute Gasteiger partial charge is 0.329 e. The first kappa shape index (κ1) is 18.3. The first-order valence-electron chi connectivity index (χ1n) is 5.52. The number of carboxylic acids is 1. The molecule has 20 heavy (non-hydrogen) atoms. The number of sulfone groups is 1. The number of ether oxygens (including phenoxy) is 1. The van der Waals surface area contributed by atoms with E-state index in [4.69, 9.17) is 5.11 Å². The van der Waals surface area contributed by atoms with Crippen LogP contribution in [-0.4, -0.2) is 62.2 Å². The number of amides is 3. The molecule has 0 fully saturated rings. The second kappa shape index (κ2) is 7.20. The molecule has 0 bridgehead atoms. The van der Waals surface area contributed by atoms with Crippen molar-refractivity contribution in [1.29, 1.82) is 0 Å². The van der Waals surface area contributed by atoms with Gasteiger partial charge in [-0.05, 0) is 13.8 Å². The largest absolute Gasteiger partial charge is 0.480 e. The molecule has 0 aliphatic rings. The van der Waals surface area contributed by atoms with Crippen molar-refractivity contribution in [3.05, 3.63) is 0 Å². The Labute approximate surface area is 116 Å². The monoisotopic (exact) mass is 310 g/mol. The molecular formula is C10H18N2O7S. The van der Waals surface area contributed by atoms with Crippen molar-refractivity contribution in [3.8, 4) is 0 Å². The van der Waals surface area contributed by atoms with Crippen LogP contribution in [-0.2, 0) is 24.2 Å². The van der Waals surface area contributed by atoms with Gasteiger partial charge < -0.3 is 15.2 Å². The summed E-state index contributed by atoms with van der Waals surface area (Å²) in [6, 6.07) is -0.884. The van der Waals surface area contributed by atoms with E-state index in [1.54, 1.807) is 0 Å². The van der Waals surface area contributed by atoms with Gasteiger partial charge in [-0.2, -0.15) is 0 Å². The van der Waals surface area contributed by atoms with Gasteiger partial charge >= 0.3 is 12.0 Å². The molecule has 0 spiro atoms. The Morgan fingerprint density at radius 1 is 1.20 bits per heavy atom. The van der Waals surface area contributed by atoms with Gasteiger partial charge in [0.1, 0.15) is 13.2 Å². The number of nitrogens with one attached hydrogen (secondary N) is 2. The third kappa shape index (κ3) is 7.04. The van der Waals surface area contributed by atoms with Crippen LogP contribution < -0.4 is 10.6 Å². The highest BCUT2D eigenvalue weighted by Crippen LogP contribution is 2.13. The van der Waals surface area contributed by atoms with E-state index in [0.29, 0.717) is 0 Å². The maximum atomic E-state index is 11.4. The predicted octanol–water partition coefficient (Wildman–Crippen LogP) is -1.26. The van der Waals surface area contributed by atoms with Crippen LogP contribution in [0.1, 0.15) is 13.8 Å². The van der Waals surface area contributed by atoms with Gasteiger partial charge in [0, 0.05) is 12.8 Å². The quantitative estimate of drug-likeness (QED) is 0.533. The molecule has 0 saturated carbocycles. The van der Waals surface area contributed by atoms with Crippen LogP contribution in [0, 0.1) is 0 Å². The number of hydrogen-bond acceptors (Lipinski definition) is 6. The molecule has 0 radical (unpaired) electrons. The third-order valence-electron chi connectivity index (χ3n) is 2.39. The number of aliphatic carboxylic acids is 1. The zero-order valence-electron chi connectivity index (χ0n) is 11.4. The summed E-state index contributed by atoms with van der Waals surface area (Å²) in [6.07, 6.45) is 1.04. The van der Waals surface area contributed by atoms with Crippen LogP contribution >= 0.6 is 0 Å². The SMILES string of the molecule is CC(C)(CNC(=O)NC(=O)COCC(=O)O)S(C)(=O)=O. The van der Waals surface area contributed by atoms with E-state index in [1.165, 1.54) is 13.8 Å². The highest BCUT2D eigenvalue weighted by atomic mass is 32.2. The first-order chi connectivity index (χ1) is 8.95. The summed E-state index contributed by atoms with van der Waals surface area (Å²) in [5, 5.41) is 12.4. The zero-order chi connectivity index (χ0) is 16.0. The molecule has 0 heterocycles. The van der Waals surface area contributed by atoms with Crippen molar-refractivity contribution in [2.45, 2.75) is 18.6 Å². The topological polar surface area (TPSA) is 139 Å². The van der Waals surface area contributed by atoms with Crippen molar-refractivity contribution < 1.29 is 32.6 Å². The standard InChI is InChI=1S/C10H18N2O7S/c1-10(2,20(3,17)18)6-11-9(16)12-7(13)4-19-5-8(14)15/h4-6H2,1-3H3,(H,14,15)(H2,11,12,13,16). The highest BCUT2D eigenvalue weighted by Gasteiger charge is 2.30. The molecule has 0 aromatic heterocycles. The summed E-state index contributed by atoms with van der Waals surface area (Å²) in [4.78, 5) is 32.6. The Kier molecular flexibility index (Phi) is 6.59. The minimum absolute atomic E-state index is 0.180. The molecule has 0 saturated heterocycles. The number of carboxylic acid groups (broad SMARTS) is 1. The lowest BCUT2D eigenvalue weighted by Gasteiger charge is -2.22. The van der Waals surface area contributed by atoms with Crippen LogP contribution in [0.2, 0.25) is 0 Å². The molecule has 0 aromatic carbocycles. The van der Waals surface area contributed by atoms with E-state index in [9.17, 15) is 22.8 Å². The summed E-state index contributed by atoms with van der Waals surface area (Å²) < 4.78 is 26.1. The number of hydrogen-bond donors (Lipinski definition) is 3. The number of carbonyl (C=O) groups excluding carboxylic acids is 2. The Morgan fingerprint density at radius 3 is 2.20 bits per heavy atom. The molecule has 0 unspecified atom stereocenters. The van der Waals surface area contributed by atoms with E-state index in [-0.39, 0.29) is 6.54 Å². The number of urea groups is 1. The summed E-state index contributed by atoms with van der Waals surface area (Å²) in [5.74, 6) is -2.07. The van der Waals surface area contributed by atoms with Gasteiger partial charge in [0.15, 0.2) is 9.84 Å². The highest BCUT2D eigenvalue weighted by molar-refractivity contribution is 7.92. The maximum Gasteiger partial charge on any atom is 0.329 e. The fraction of sp³-hybridized carbons (Fsp3) is 0.700. The Hall–Kier alpha value is -1.68. The second-order valence-corrected chi connectivity index (χ2v) is 7.30. The van der Waals surface area contributed by atoms with Crippen molar-refractivity contribution in [2.75, 3.05) is 26.0 Å². The van der Waals surface area contributed by atoms with Crippen LogP contribution in [0.5, 0.6) is 0 Å². The van der Waals surface area contributed by atoms with Crippen molar-refractivity contribution in [3.63, 3.8) is 0 Å². The van der Waals surface area contributed by atoms with Gasteiger partial charge in [-0.15, -0.1) is 0 Å². The fourth-order valence-electron chi connectivity index (χ4n) is 0.862. The van der Waals surface area contributed by atoms with E-state index in [2.05, 4.69) is 10.1 Å². The molecule has 3 N–H and O–H groups in total. The molecule has 3 amide bonds. The fourth-order valence-corrected chi connectivity index (χ4v) is 1.20. The van der Waals surface area contributed by atoms with Crippen LogP contribution in [0.3, 0.4) is 0 Å². The van der Waals surface area contributed by atoms with Gasteiger partial charge in [-0.3, -0.25) is 10.1 Å². The summed E-state index contributed by atoms with van der Waals surface area (Å²) in [6.45, 7) is 1.44. The van der Waals surface area contributed by atoms with Crippen molar-refractivity contribution in [1.82, 2.24) is 10.6 Å². The molecule has 0 aliphatic heterocycles. The molecule has 0 aliphatic carbocycles. The van der Waals surface area contributed by atoms with E-state index in [0.717, 1.165) is 6.26 Å². The van der Waals surface area contributed by atoms with Gasteiger partial charge in [-0.1, -0.05) is 0 Å². The average molecular weight is 310 g/mol. The molecule has 0 rings (SSSR count). The number of rotatable bonds is 7. The normalized spacial score (nSPS) is 11.8. The Bertz CT molecular complexity index is 484. The minimum atomic E-state index is -3.37. The van der Waals surface area contributed by atoms with Crippen LogP contribution in [0.4, 0.5) is 4.79 Å². The molecular weight excluding hydrogens is 292 g/mol. The van der Waals surface area contributed by atoms with E-state index in [1.807, 2.05) is 5.32 Å². The van der Waals surface area contributed by atoms with Gasteiger partial charge in [-0.25, -0.2) is 18.0 Å². The Balaban J connectivity index is 4.12. The van der Waals surface area contributed by atoms with Gasteiger partial charge in [0.05, 0.1) is 4.75 Å². The van der Waals surface area contributed by atoms with Gasteiger partial charge in [0.2, 0.25) is 0 Å². The Morgan fingerprint density at radius 2 is 1.75 bits per heavy atom. The summed E-state index contributed by atoms with van der Waals surface area (Å²) in [7, 11) is -3.37. The van der Waals surface area contributed by atoms with Crippen LogP contribution in [0.15, 0.2) is 0 Å². The molecule has 116 valence electrons. The number of imide groups is 1. The zero-order valence-corrected chi connectivity index (χ0v) is 12.2. The summed E-state index contributed by atoms with van der Waals surface area (Å²) in [5.41, 5.74) is 0. The minimum Gasteiger partial charge on any atom is -0.480 e. The number of carbonyl (C=O) groups is 3. The molecule has 9 nitrogen and oxygen atoms in total. The lowest BCUT2D eigenvalue weighted by molar-refractivity contribution is -0.143. The van der Waals surface area contributed by atoms with Crippen molar-refractivity contribution >= 4 is 27.7 Å².